The topological polar surface area (TPSA) is 114 Å². The van der Waals surface area contributed by atoms with Crippen LogP contribution in [-0.2, 0) is 4.79 Å². The number of aliphatic carboxylic acids is 1. The van der Waals surface area contributed by atoms with Crippen LogP contribution in [0.5, 0.6) is 0 Å². The van der Waals surface area contributed by atoms with Crippen LogP contribution in [-0.4, -0.2) is 28.6 Å². The van der Waals surface area contributed by atoms with Crippen molar-refractivity contribution in [1.29, 1.82) is 0 Å². The van der Waals surface area contributed by atoms with Gasteiger partial charge in [0.15, 0.2) is 0 Å². The van der Waals surface area contributed by atoms with Gasteiger partial charge in [0.05, 0.1) is 0 Å². The molecule has 0 aliphatic rings. The predicted molar refractivity (Wildman–Crippen MR) is 66.6 cm³/mol. The molecule has 6 N–H and O–H groups in total. The molecule has 1 atom stereocenters. The normalized spacial score (nSPS) is 12.1. The van der Waals surface area contributed by atoms with E-state index >= 15 is 0 Å². The largest absolute Gasteiger partial charge is 0.480 e. The summed E-state index contributed by atoms with van der Waals surface area (Å²) in [4.78, 5) is 14.5. The second-order valence-electron chi connectivity index (χ2n) is 3.84. The lowest BCUT2D eigenvalue weighted by Crippen LogP contribution is -2.29. The molecule has 0 aliphatic carbocycles. The molecular formula is C11H18N4O2. The van der Waals surface area contributed by atoms with Gasteiger partial charge in [-0.2, -0.15) is 0 Å². The van der Waals surface area contributed by atoms with Crippen LogP contribution in [0.2, 0.25) is 0 Å². The second kappa shape index (κ2) is 6.70. The second-order valence-corrected chi connectivity index (χ2v) is 3.84. The van der Waals surface area contributed by atoms with Crippen LogP contribution in [0, 0.1) is 0 Å². The highest BCUT2D eigenvalue weighted by Crippen LogP contribution is 2.08. The zero-order valence-corrected chi connectivity index (χ0v) is 9.60. The molecular weight excluding hydrogens is 220 g/mol. The average molecular weight is 238 g/mol. The zero-order chi connectivity index (χ0) is 12.7. The summed E-state index contributed by atoms with van der Waals surface area (Å²) >= 11 is 0. The molecule has 1 heterocycles. The summed E-state index contributed by atoms with van der Waals surface area (Å²) in [6.45, 7) is 0.725. The Morgan fingerprint density at radius 3 is 2.94 bits per heavy atom. The van der Waals surface area contributed by atoms with E-state index in [0.717, 1.165) is 25.2 Å². The molecule has 0 radical (unpaired) electrons. The summed E-state index contributed by atoms with van der Waals surface area (Å²) in [5.41, 5.74) is 11.6. The molecule has 94 valence electrons. The molecule has 1 aromatic heterocycles. The van der Waals surface area contributed by atoms with E-state index in [4.69, 9.17) is 16.6 Å². The van der Waals surface area contributed by atoms with E-state index in [9.17, 15) is 4.79 Å². The summed E-state index contributed by atoms with van der Waals surface area (Å²) in [7, 11) is 0. The van der Waals surface area contributed by atoms with Crippen molar-refractivity contribution in [2.45, 2.75) is 25.3 Å². The number of unbranched alkanes of at least 4 members (excludes halogenated alkanes) is 1. The number of nitrogen functional groups attached to an aromatic ring is 1. The smallest absolute Gasteiger partial charge is 0.320 e. The fourth-order valence-corrected chi connectivity index (χ4v) is 1.37. The van der Waals surface area contributed by atoms with Gasteiger partial charge in [-0.15, -0.1) is 0 Å². The maximum atomic E-state index is 10.5. The molecule has 0 aromatic carbocycles. The quantitative estimate of drug-likeness (QED) is 0.519. The Balaban J connectivity index is 2.14. The highest BCUT2D eigenvalue weighted by molar-refractivity contribution is 5.72. The Labute approximate surface area is 100 Å². The van der Waals surface area contributed by atoms with Crippen LogP contribution in [0.1, 0.15) is 19.3 Å². The number of carbonyl (C=O) groups is 1. The highest BCUT2D eigenvalue weighted by Gasteiger charge is 2.09. The first kappa shape index (κ1) is 13.2. The molecule has 1 rings (SSSR count). The van der Waals surface area contributed by atoms with Crippen LogP contribution in [0.25, 0.3) is 0 Å². The molecule has 0 spiro atoms. The Kier molecular flexibility index (Phi) is 5.22. The van der Waals surface area contributed by atoms with Gasteiger partial charge in [0, 0.05) is 24.5 Å². The number of rotatable bonds is 7. The summed E-state index contributed by atoms with van der Waals surface area (Å²) in [6, 6.07) is 2.71. The first-order chi connectivity index (χ1) is 8.09. The molecule has 17 heavy (non-hydrogen) atoms. The van der Waals surface area contributed by atoms with E-state index in [1.54, 1.807) is 18.3 Å². The minimum Gasteiger partial charge on any atom is -0.480 e. The van der Waals surface area contributed by atoms with E-state index in [0.29, 0.717) is 12.1 Å². The number of hydrogen-bond acceptors (Lipinski definition) is 5. The third-order valence-electron chi connectivity index (χ3n) is 2.35. The number of hydrogen-bond donors (Lipinski definition) is 4. The lowest BCUT2D eigenvalue weighted by molar-refractivity contribution is -0.138. The monoisotopic (exact) mass is 238 g/mol. The van der Waals surface area contributed by atoms with E-state index < -0.39 is 12.0 Å². The lowest BCUT2D eigenvalue weighted by Gasteiger charge is -2.07. The molecule has 6 nitrogen and oxygen atoms in total. The standard InChI is InChI=1S/C11H18N4O2/c12-8-4-6-15-10(7-8)14-5-2-1-3-9(13)11(16)17/h4,6-7,9H,1-3,5,13H2,(H,16,17)(H3,12,14,15)/t9-/m0/s1. The Morgan fingerprint density at radius 2 is 2.29 bits per heavy atom. The van der Waals surface area contributed by atoms with Crippen molar-refractivity contribution < 1.29 is 9.90 Å². The van der Waals surface area contributed by atoms with Crippen LogP contribution in [0.3, 0.4) is 0 Å². The minimum absolute atomic E-state index is 0.487. The Morgan fingerprint density at radius 1 is 1.53 bits per heavy atom. The minimum atomic E-state index is -0.949. The number of carboxylic acids is 1. The van der Waals surface area contributed by atoms with Gasteiger partial charge >= 0.3 is 5.97 Å². The molecule has 0 saturated heterocycles. The molecule has 0 saturated carbocycles. The van der Waals surface area contributed by atoms with Crippen molar-refractivity contribution in [3.8, 4) is 0 Å². The van der Waals surface area contributed by atoms with Gasteiger partial charge in [0.1, 0.15) is 11.9 Å². The van der Waals surface area contributed by atoms with Crippen molar-refractivity contribution in [2.24, 2.45) is 5.73 Å². The van der Waals surface area contributed by atoms with E-state index in [1.807, 2.05) is 0 Å². The molecule has 6 heteroatoms. The van der Waals surface area contributed by atoms with E-state index in [1.165, 1.54) is 0 Å². The van der Waals surface area contributed by atoms with Gasteiger partial charge in [0.25, 0.3) is 0 Å². The van der Waals surface area contributed by atoms with Gasteiger partial charge in [-0.1, -0.05) is 0 Å². The van der Waals surface area contributed by atoms with Crippen molar-refractivity contribution in [3.63, 3.8) is 0 Å². The van der Waals surface area contributed by atoms with Crippen LogP contribution < -0.4 is 16.8 Å². The summed E-state index contributed by atoms with van der Waals surface area (Å²) in [5.74, 6) is -0.219. The summed E-state index contributed by atoms with van der Waals surface area (Å²) in [5, 5.41) is 11.7. The molecule has 0 amide bonds. The zero-order valence-electron chi connectivity index (χ0n) is 9.60. The van der Waals surface area contributed by atoms with Crippen LogP contribution in [0.15, 0.2) is 18.3 Å². The van der Waals surface area contributed by atoms with Gasteiger partial charge in [0.2, 0.25) is 0 Å². The Bertz CT molecular complexity index is 370. The van der Waals surface area contributed by atoms with Crippen molar-refractivity contribution in [3.05, 3.63) is 18.3 Å². The fourth-order valence-electron chi connectivity index (χ4n) is 1.37. The Hall–Kier alpha value is -1.82. The first-order valence-corrected chi connectivity index (χ1v) is 5.53. The molecule has 0 bridgehead atoms. The number of nitrogens with two attached hydrogens (primary N) is 2. The number of carboxylic acid groups (broad SMARTS) is 1. The number of nitrogens with zero attached hydrogens (tertiary/aromatic N) is 1. The van der Waals surface area contributed by atoms with Gasteiger partial charge in [-0.3, -0.25) is 4.79 Å². The highest BCUT2D eigenvalue weighted by atomic mass is 16.4. The SMILES string of the molecule is Nc1ccnc(NCCCC[C@H](N)C(=O)O)c1. The van der Waals surface area contributed by atoms with Gasteiger partial charge < -0.3 is 21.9 Å². The fraction of sp³-hybridized carbons (Fsp3) is 0.455. The predicted octanol–water partition coefficient (Wildman–Crippen LogP) is 0.658. The summed E-state index contributed by atoms with van der Waals surface area (Å²) < 4.78 is 0. The molecule has 0 unspecified atom stereocenters. The van der Waals surface area contributed by atoms with Crippen LogP contribution >= 0.6 is 0 Å². The van der Waals surface area contributed by atoms with Crippen molar-refractivity contribution >= 4 is 17.5 Å². The van der Waals surface area contributed by atoms with Gasteiger partial charge in [-0.05, 0) is 25.3 Å². The molecule has 0 fully saturated rings. The third kappa shape index (κ3) is 5.17. The van der Waals surface area contributed by atoms with Crippen molar-refractivity contribution in [1.82, 2.24) is 4.98 Å². The van der Waals surface area contributed by atoms with Crippen LogP contribution in [0.4, 0.5) is 11.5 Å². The maximum Gasteiger partial charge on any atom is 0.320 e. The van der Waals surface area contributed by atoms with Crippen molar-refractivity contribution in [2.75, 3.05) is 17.6 Å². The number of nitrogens with one attached hydrogen (secondary N) is 1. The average Bonchev–Trinajstić information content (AvgIpc) is 2.28. The third-order valence-corrected chi connectivity index (χ3v) is 2.35. The lowest BCUT2D eigenvalue weighted by atomic mass is 10.1. The summed E-state index contributed by atoms with van der Waals surface area (Å²) in [6.07, 6.45) is 3.74. The number of aromatic nitrogens is 1. The van der Waals surface area contributed by atoms with E-state index in [2.05, 4.69) is 10.3 Å². The number of pyridine rings is 1. The maximum absolute atomic E-state index is 10.5. The first-order valence-electron chi connectivity index (χ1n) is 5.53. The van der Waals surface area contributed by atoms with Gasteiger partial charge in [-0.25, -0.2) is 4.98 Å². The van der Waals surface area contributed by atoms with E-state index in [-0.39, 0.29) is 0 Å². The molecule has 0 aliphatic heterocycles. The molecule has 1 aromatic rings. The number of anilines is 2.